The highest BCUT2D eigenvalue weighted by molar-refractivity contribution is 6.30. The molecule has 7 heteroatoms. The SMILES string of the molecule is Cc1noc2c(-c3cccnc3)nn(C(C)c3ccc(Cl)cc3)c(=O)c12. The average molecular weight is 367 g/mol. The molecule has 0 saturated carbocycles. The summed E-state index contributed by atoms with van der Waals surface area (Å²) in [4.78, 5) is 17.2. The van der Waals surface area contributed by atoms with Crippen molar-refractivity contribution in [1.29, 1.82) is 0 Å². The first kappa shape index (κ1) is 16.5. The molecule has 0 fully saturated rings. The molecule has 0 aliphatic rings. The van der Waals surface area contributed by atoms with E-state index in [1.165, 1.54) is 4.68 Å². The summed E-state index contributed by atoms with van der Waals surface area (Å²) in [7, 11) is 0. The number of rotatable bonds is 3. The van der Waals surface area contributed by atoms with E-state index < -0.39 is 0 Å². The highest BCUT2D eigenvalue weighted by Gasteiger charge is 2.22. The van der Waals surface area contributed by atoms with Crippen LogP contribution in [-0.4, -0.2) is 19.9 Å². The van der Waals surface area contributed by atoms with Crippen LogP contribution in [0, 0.1) is 6.92 Å². The van der Waals surface area contributed by atoms with Crippen LogP contribution in [0.1, 0.15) is 24.2 Å². The summed E-state index contributed by atoms with van der Waals surface area (Å²) < 4.78 is 6.86. The lowest BCUT2D eigenvalue weighted by Crippen LogP contribution is -2.27. The van der Waals surface area contributed by atoms with E-state index in [4.69, 9.17) is 16.1 Å². The van der Waals surface area contributed by atoms with E-state index in [1.807, 2.05) is 31.2 Å². The lowest BCUT2D eigenvalue weighted by molar-refractivity contribution is 0.448. The highest BCUT2D eigenvalue weighted by Crippen LogP contribution is 2.27. The molecule has 0 bridgehead atoms. The van der Waals surface area contributed by atoms with E-state index in [9.17, 15) is 4.79 Å². The number of halogens is 1. The molecule has 0 amide bonds. The van der Waals surface area contributed by atoms with E-state index in [0.717, 1.165) is 11.1 Å². The van der Waals surface area contributed by atoms with Crippen molar-refractivity contribution >= 4 is 22.6 Å². The van der Waals surface area contributed by atoms with Gasteiger partial charge in [-0.1, -0.05) is 28.9 Å². The maximum absolute atomic E-state index is 13.0. The zero-order valence-electron chi connectivity index (χ0n) is 14.2. The fourth-order valence-electron chi connectivity index (χ4n) is 2.93. The van der Waals surface area contributed by atoms with E-state index in [1.54, 1.807) is 31.5 Å². The summed E-state index contributed by atoms with van der Waals surface area (Å²) in [6.07, 6.45) is 3.36. The third-order valence-corrected chi connectivity index (χ3v) is 4.61. The summed E-state index contributed by atoms with van der Waals surface area (Å²) in [6, 6.07) is 10.8. The van der Waals surface area contributed by atoms with Gasteiger partial charge >= 0.3 is 0 Å². The van der Waals surface area contributed by atoms with Gasteiger partial charge in [-0.15, -0.1) is 0 Å². The molecule has 4 aromatic rings. The summed E-state index contributed by atoms with van der Waals surface area (Å²) in [5, 5.41) is 9.61. The zero-order chi connectivity index (χ0) is 18.3. The van der Waals surface area contributed by atoms with Crippen molar-refractivity contribution in [3.63, 3.8) is 0 Å². The molecule has 0 radical (unpaired) electrons. The van der Waals surface area contributed by atoms with Gasteiger partial charge in [0.25, 0.3) is 5.56 Å². The molecule has 0 N–H and O–H groups in total. The molecule has 3 aromatic heterocycles. The fraction of sp³-hybridized carbons (Fsp3) is 0.158. The van der Waals surface area contributed by atoms with Gasteiger partial charge in [0, 0.05) is 23.0 Å². The predicted molar refractivity (Wildman–Crippen MR) is 99.3 cm³/mol. The minimum Gasteiger partial charge on any atom is -0.353 e. The van der Waals surface area contributed by atoms with E-state index in [0.29, 0.717) is 27.4 Å². The summed E-state index contributed by atoms with van der Waals surface area (Å²) in [6.45, 7) is 3.66. The molecular formula is C19H15ClN4O2. The second-order valence-corrected chi connectivity index (χ2v) is 6.48. The number of fused-ring (bicyclic) bond motifs is 1. The van der Waals surface area contributed by atoms with Gasteiger partial charge in [0.15, 0.2) is 0 Å². The van der Waals surface area contributed by atoms with E-state index >= 15 is 0 Å². The maximum atomic E-state index is 13.0. The number of aryl methyl sites for hydroxylation is 1. The minimum absolute atomic E-state index is 0.242. The van der Waals surface area contributed by atoms with Gasteiger partial charge in [0.1, 0.15) is 11.1 Å². The molecule has 0 aliphatic carbocycles. The van der Waals surface area contributed by atoms with Crippen LogP contribution < -0.4 is 5.56 Å². The van der Waals surface area contributed by atoms with Gasteiger partial charge < -0.3 is 4.52 Å². The van der Waals surface area contributed by atoms with Gasteiger partial charge in [-0.25, -0.2) is 4.68 Å². The van der Waals surface area contributed by atoms with Crippen LogP contribution in [0.5, 0.6) is 0 Å². The van der Waals surface area contributed by atoms with Crippen molar-refractivity contribution in [2.45, 2.75) is 19.9 Å². The van der Waals surface area contributed by atoms with Gasteiger partial charge in [-0.3, -0.25) is 9.78 Å². The van der Waals surface area contributed by atoms with Crippen molar-refractivity contribution in [2.24, 2.45) is 0 Å². The number of nitrogens with zero attached hydrogens (tertiary/aromatic N) is 4. The van der Waals surface area contributed by atoms with Gasteiger partial charge in [0.2, 0.25) is 5.58 Å². The lowest BCUT2D eigenvalue weighted by Gasteiger charge is -2.16. The Morgan fingerprint density at radius 1 is 1.19 bits per heavy atom. The normalized spacial score (nSPS) is 12.4. The average Bonchev–Trinajstić information content (AvgIpc) is 3.05. The number of aromatic nitrogens is 4. The Labute approximate surface area is 154 Å². The number of hydrogen-bond acceptors (Lipinski definition) is 5. The predicted octanol–water partition coefficient (Wildman–Crippen LogP) is 4.02. The van der Waals surface area contributed by atoms with E-state index in [-0.39, 0.29) is 11.6 Å². The molecule has 6 nitrogen and oxygen atoms in total. The van der Waals surface area contributed by atoms with Gasteiger partial charge in [-0.2, -0.15) is 5.10 Å². The number of hydrogen-bond donors (Lipinski definition) is 0. The Hall–Kier alpha value is -2.99. The quantitative estimate of drug-likeness (QED) is 0.547. The summed E-state index contributed by atoms with van der Waals surface area (Å²) >= 11 is 5.97. The third kappa shape index (κ3) is 2.68. The van der Waals surface area contributed by atoms with Crippen LogP contribution in [-0.2, 0) is 0 Å². The minimum atomic E-state index is -0.283. The van der Waals surface area contributed by atoms with Crippen LogP contribution in [0.4, 0.5) is 0 Å². The number of benzene rings is 1. The molecule has 0 saturated heterocycles. The van der Waals surface area contributed by atoms with Crippen LogP contribution in [0.25, 0.3) is 22.2 Å². The molecule has 4 rings (SSSR count). The van der Waals surface area contributed by atoms with Crippen molar-refractivity contribution in [3.8, 4) is 11.3 Å². The first-order valence-corrected chi connectivity index (χ1v) is 8.48. The topological polar surface area (TPSA) is 73.8 Å². The van der Waals surface area contributed by atoms with Crippen molar-refractivity contribution in [1.82, 2.24) is 19.9 Å². The molecule has 1 aromatic carbocycles. The van der Waals surface area contributed by atoms with E-state index in [2.05, 4.69) is 15.2 Å². The van der Waals surface area contributed by atoms with Crippen LogP contribution in [0.15, 0.2) is 58.1 Å². The summed E-state index contributed by atoms with van der Waals surface area (Å²) in [5.74, 6) is 0. The zero-order valence-corrected chi connectivity index (χ0v) is 14.9. The summed E-state index contributed by atoms with van der Waals surface area (Å²) in [5.41, 5.74) is 2.89. The Kier molecular flexibility index (Phi) is 4.05. The smallest absolute Gasteiger partial charge is 0.280 e. The second kappa shape index (κ2) is 6.38. The standard InChI is InChI=1S/C19H15ClN4O2/c1-11-16-18(26-23-11)17(14-4-3-9-21-10-14)22-24(19(16)25)12(2)13-5-7-15(20)8-6-13/h3-10,12H,1-2H3. The molecule has 26 heavy (non-hydrogen) atoms. The lowest BCUT2D eigenvalue weighted by atomic mass is 10.1. The number of pyridine rings is 1. The highest BCUT2D eigenvalue weighted by atomic mass is 35.5. The molecular weight excluding hydrogens is 352 g/mol. The largest absolute Gasteiger partial charge is 0.353 e. The Morgan fingerprint density at radius 2 is 1.96 bits per heavy atom. The fourth-order valence-corrected chi connectivity index (χ4v) is 3.06. The van der Waals surface area contributed by atoms with Gasteiger partial charge in [0.05, 0.1) is 11.7 Å². The second-order valence-electron chi connectivity index (χ2n) is 6.04. The Morgan fingerprint density at radius 3 is 2.65 bits per heavy atom. The molecule has 0 spiro atoms. The Bertz CT molecular complexity index is 1130. The first-order chi connectivity index (χ1) is 12.6. The molecule has 0 aliphatic heterocycles. The van der Waals surface area contributed by atoms with Crippen molar-refractivity contribution < 1.29 is 4.52 Å². The molecule has 3 heterocycles. The molecule has 130 valence electrons. The first-order valence-electron chi connectivity index (χ1n) is 8.11. The monoisotopic (exact) mass is 366 g/mol. The van der Waals surface area contributed by atoms with Crippen LogP contribution in [0.2, 0.25) is 5.02 Å². The van der Waals surface area contributed by atoms with Crippen LogP contribution in [0.3, 0.4) is 0 Å². The molecule has 1 unspecified atom stereocenters. The van der Waals surface area contributed by atoms with Crippen LogP contribution >= 0.6 is 11.6 Å². The van der Waals surface area contributed by atoms with Crippen molar-refractivity contribution in [3.05, 3.63) is 75.4 Å². The maximum Gasteiger partial charge on any atom is 0.280 e. The van der Waals surface area contributed by atoms with Crippen molar-refractivity contribution in [2.75, 3.05) is 0 Å². The third-order valence-electron chi connectivity index (χ3n) is 4.36. The Balaban J connectivity index is 1.98. The molecule has 1 atom stereocenters. The van der Waals surface area contributed by atoms with Gasteiger partial charge in [-0.05, 0) is 43.7 Å².